The predicted molar refractivity (Wildman–Crippen MR) is 103 cm³/mol. The van der Waals surface area contributed by atoms with E-state index in [2.05, 4.69) is 31.3 Å². The molecule has 1 amide bonds. The summed E-state index contributed by atoms with van der Waals surface area (Å²) in [5, 5.41) is 7.14. The molecule has 5 nitrogen and oxygen atoms in total. The number of hydrogen-bond donors (Lipinski definition) is 1. The van der Waals surface area contributed by atoms with E-state index in [4.69, 9.17) is 0 Å². The monoisotopic (exact) mass is 398 g/mol. The predicted octanol–water partition coefficient (Wildman–Crippen LogP) is 4.85. The first-order valence-corrected chi connectivity index (χ1v) is 8.83. The fourth-order valence-corrected chi connectivity index (χ4v) is 3.02. The fourth-order valence-electron chi connectivity index (χ4n) is 2.62. The van der Waals surface area contributed by atoms with E-state index in [9.17, 15) is 4.79 Å². The Hall–Kier alpha value is -2.47. The lowest BCUT2D eigenvalue weighted by molar-refractivity contribution is 0.102. The van der Waals surface area contributed by atoms with Crippen molar-refractivity contribution in [2.45, 2.75) is 26.8 Å². The van der Waals surface area contributed by atoms with Gasteiger partial charge in [-0.25, -0.2) is 4.68 Å². The van der Waals surface area contributed by atoms with E-state index in [0.29, 0.717) is 17.1 Å². The third-order valence-electron chi connectivity index (χ3n) is 3.85. The average Bonchev–Trinajstić information content (AvgIpc) is 3.03. The summed E-state index contributed by atoms with van der Waals surface area (Å²) in [6.07, 6.45) is 1.68. The summed E-state index contributed by atoms with van der Waals surface area (Å²) >= 11 is 3.47. The van der Waals surface area contributed by atoms with Crippen molar-refractivity contribution in [1.82, 2.24) is 14.8 Å². The number of rotatable bonds is 4. The van der Waals surface area contributed by atoms with Gasteiger partial charge in [-0.2, -0.15) is 5.10 Å². The minimum Gasteiger partial charge on any atom is -0.307 e. The second kappa shape index (κ2) is 7.19. The molecule has 0 fully saturated rings. The molecule has 0 radical (unpaired) electrons. The van der Waals surface area contributed by atoms with Crippen LogP contribution in [0.25, 0.3) is 11.3 Å². The van der Waals surface area contributed by atoms with E-state index in [1.807, 2.05) is 57.2 Å². The van der Waals surface area contributed by atoms with Gasteiger partial charge in [0, 0.05) is 22.1 Å². The molecular formula is C19H19BrN4O. The zero-order valence-electron chi connectivity index (χ0n) is 14.3. The summed E-state index contributed by atoms with van der Waals surface area (Å²) < 4.78 is 2.77. The molecule has 3 rings (SSSR count). The second-order valence-corrected chi connectivity index (χ2v) is 6.96. The Bertz CT molecular complexity index is 917. The summed E-state index contributed by atoms with van der Waals surface area (Å²) in [6.45, 7) is 5.88. The van der Waals surface area contributed by atoms with Gasteiger partial charge < -0.3 is 5.32 Å². The topological polar surface area (TPSA) is 59.8 Å². The lowest BCUT2D eigenvalue weighted by atomic mass is 10.1. The molecule has 25 heavy (non-hydrogen) atoms. The van der Waals surface area contributed by atoms with Gasteiger partial charge in [-0.15, -0.1) is 0 Å². The molecule has 1 N–H and O–H groups in total. The van der Waals surface area contributed by atoms with Crippen LogP contribution in [-0.4, -0.2) is 20.7 Å². The maximum atomic E-state index is 12.6. The van der Waals surface area contributed by atoms with Crippen molar-refractivity contribution >= 4 is 27.7 Å². The van der Waals surface area contributed by atoms with E-state index >= 15 is 0 Å². The molecule has 3 aromatic rings. The SMILES string of the molecule is Cc1nc(-c2cccc(Br)c2)ccc1C(=O)Nc1ccnn1C(C)C. The van der Waals surface area contributed by atoms with Crippen molar-refractivity contribution in [1.29, 1.82) is 0 Å². The van der Waals surface area contributed by atoms with Crippen LogP contribution < -0.4 is 5.32 Å². The molecule has 0 spiro atoms. The van der Waals surface area contributed by atoms with Crippen molar-refractivity contribution in [3.8, 4) is 11.3 Å². The number of halogens is 1. The Kier molecular flexibility index (Phi) is 4.99. The molecule has 2 aromatic heterocycles. The van der Waals surface area contributed by atoms with Crippen LogP contribution in [0.4, 0.5) is 5.82 Å². The van der Waals surface area contributed by atoms with Crippen LogP contribution in [0.3, 0.4) is 0 Å². The number of aryl methyl sites for hydroxylation is 1. The van der Waals surface area contributed by atoms with Gasteiger partial charge in [0.1, 0.15) is 5.82 Å². The first-order chi connectivity index (χ1) is 12.0. The summed E-state index contributed by atoms with van der Waals surface area (Å²) in [6, 6.07) is 13.6. The fraction of sp³-hybridized carbons (Fsp3) is 0.211. The zero-order chi connectivity index (χ0) is 18.0. The summed E-state index contributed by atoms with van der Waals surface area (Å²) in [4.78, 5) is 17.2. The minimum absolute atomic E-state index is 0.170. The van der Waals surface area contributed by atoms with Crippen molar-refractivity contribution in [2.75, 3.05) is 5.32 Å². The molecule has 128 valence electrons. The highest BCUT2D eigenvalue weighted by Crippen LogP contribution is 2.23. The second-order valence-electron chi connectivity index (χ2n) is 6.05. The van der Waals surface area contributed by atoms with Crippen molar-refractivity contribution in [3.05, 3.63) is 64.4 Å². The Balaban J connectivity index is 1.85. The van der Waals surface area contributed by atoms with Crippen LogP contribution >= 0.6 is 15.9 Å². The first kappa shape index (κ1) is 17.4. The molecule has 0 atom stereocenters. The maximum Gasteiger partial charge on any atom is 0.258 e. The zero-order valence-corrected chi connectivity index (χ0v) is 15.9. The highest BCUT2D eigenvalue weighted by atomic mass is 79.9. The number of carbonyl (C=O) groups excluding carboxylic acids is 1. The average molecular weight is 399 g/mol. The number of aromatic nitrogens is 3. The van der Waals surface area contributed by atoms with E-state index in [1.165, 1.54) is 0 Å². The van der Waals surface area contributed by atoms with Gasteiger partial charge in [0.05, 0.1) is 23.1 Å². The van der Waals surface area contributed by atoms with Crippen LogP contribution in [0.15, 0.2) is 53.1 Å². The maximum absolute atomic E-state index is 12.6. The van der Waals surface area contributed by atoms with Gasteiger partial charge in [-0.3, -0.25) is 9.78 Å². The van der Waals surface area contributed by atoms with Crippen LogP contribution in [0.2, 0.25) is 0 Å². The molecule has 0 aliphatic heterocycles. The summed E-state index contributed by atoms with van der Waals surface area (Å²) in [7, 11) is 0. The molecule has 0 saturated carbocycles. The number of nitrogens with one attached hydrogen (secondary N) is 1. The number of pyridine rings is 1. The van der Waals surface area contributed by atoms with Gasteiger partial charge in [0.25, 0.3) is 5.91 Å². The third-order valence-corrected chi connectivity index (χ3v) is 4.35. The van der Waals surface area contributed by atoms with Crippen molar-refractivity contribution in [3.63, 3.8) is 0 Å². The molecule has 0 saturated heterocycles. The summed E-state index contributed by atoms with van der Waals surface area (Å²) in [5.41, 5.74) is 3.07. The molecule has 2 heterocycles. The van der Waals surface area contributed by atoms with Crippen molar-refractivity contribution < 1.29 is 4.79 Å². The minimum atomic E-state index is -0.187. The molecule has 0 aliphatic rings. The van der Waals surface area contributed by atoms with Gasteiger partial charge in [0.2, 0.25) is 0 Å². The number of benzene rings is 1. The number of anilines is 1. The largest absolute Gasteiger partial charge is 0.307 e. The normalized spacial score (nSPS) is 10.9. The molecule has 0 bridgehead atoms. The van der Waals surface area contributed by atoms with E-state index in [0.717, 1.165) is 15.7 Å². The highest BCUT2D eigenvalue weighted by molar-refractivity contribution is 9.10. The van der Waals surface area contributed by atoms with Gasteiger partial charge in [0.15, 0.2) is 0 Å². The van der Waals surface area contributed by atoms with Crippen LogP contribution in [0.1, 0.15) is 35.9 Å². The molecule has 0 aliphatic carbocycles. The Morgan fingerprint density at radius 1 is 1.20 bits per heavy atom. The highest BCUT2D eigenvalue weighted by Gasteiger charge is 2.14. The smallest absolute Gasteiger partial charge is 0.258 e. The van der Waals surface area contributed by atoms with Crippen LogP contribution in [-0.2, 0) is 0 Å². The van der Waals surface area contributed by atoms with Gasteiger partial charge >= 0.3 is 0 Å². The summed E-state index contributed by atoms with van der Waals surface area (Å²) in [5.74, 6) is 0.489. The number of amides is 1. The first-order valence-electron chi connectivity index (χ1n) is 8.04. The number of carbonyl (C=O) groups is 1. The molecular weight excluding hydrogens is 380 g/mol. The number of hydrogen-bond acceptors (Lipinski definition) is 3. The van der Waals surface area contributed by atoms with Gasteiger partial charge in [-0.05, 0) is 45.0 Å². The van der Waals surface area contributed by atoms with Crippen molar-refractivity contribution in [2.24, 2.45) is 0 Å². The lowest BCUT2D eigenvalue weighted by Gasteiger charge is -2.13. The lowest BCUT2D eigenvalue weighted by Crippen LogP contribution is -2.18. The molecule has 0 unspecified atom stereocenters. The Labute approximate surface area is 155 Å². The van der Waals surface area contributed by atoms with E-state index in [-0.39, 0.29) is 11.9 Å². The van der Waals surface area contributed by atoms with Crippen LogP contribution in [0, 0.1) is 6.92 Å². The number of nitrogens with zero attached hydrogens (tertiary/aromatic N) is 3. The quantitative estimate of drug-likeness (QED) is 0.682. The Morgan fingerprint density at radius 3 is 2.68 bits per heavy atom. The van der Waals surface area contributed by atoms with Crippen LogP contribution in [0.5, 0.6) is 0 Å². The van der Waals surface area contributed by atoms with Gasteiger partial charge in [-0.1, -0.05) is 28.1 Å². The Morgan fingerprint density at radius 2 is 2.00 bits per heavy atom. The molecule has 6 heteroatoms. The third kappa shape index (κ3) is 3.79. The van der Waals surface area contributed by atoms with E-state index < -0.39 is 0 Å². The standard InChI is InChI=1S/C19H19BrN4O/c1-12(2)24-18(9-10-21-24)23-19(25)16-7-8-17(22-13(16)3)14-5-4-6-15(20)11-14/h4-12H,1-3H3,(H,23,25). The molecule has 1 aromatic carbocycles. The van der Waals surface area contributed by atoms with E-state index in [1.54, 1.807) is 16.9 Å².